The van der Waals surface area contributed by atoms with Gasteiger partial charge in [-0.1, -0.05) is 24.3 Å². The van der Waals surface area contributed by atoms with Gasteiger partial charge in [0.2, 0.25) is 0 Å². The fraction of sp³-hybridized carbons (Fsp3) is 0.571. The molecular formula is C14H22Cl2N2. The zero-order valence-corrected chi connectivity index (χ0v) is 12.2. The van der Waals surface area contributed by atoms with Crippen LogP contribution < -0.4 is 5.73 Å². The lowest BCUT2D eigenvalue weighted by Crippen LogP contribution is -2.41. The Bertz CT molecular complexity index is 376. The number of halogens is 2. The van der Waals surface area contributed by atoms with Crippen molar-refractivity contribution < 1.29 is 0 Å². The molecule has 0 bridgehead atoms. The van der Waals surface area contributed by atoms with Crippen molar-refractivity contribution >= 4 is 24.8 Å². The molecule has 0 spiro atoms. The number of likely N-dealkylation sites (tertiary alicyclic amines) is 1. The zero-order chi connectivity index (χ0) is 11.0. The summed E-state index contributed by atoms with van der Waals surface area (Å²) in [6.45, 7) is 2.36. The Kier molecular flexibility index (Phi) is 5.93. The highest BCUT2D eigenvalue weighted by Gasteiger charge is 2.29. The molecule has 1 aliphatic heterocycles. The Morgan fingerprint density at radius 3 is 2.39 bits per heavy atom. The fourth-order valence-electron chi connectivity index (χ4n) is 3.15. The molecule has 1 heterocycles. The third-order valence-corrected chi connectivity index (χ3v) is 4.12. The summed E-state index contributed by atoms with van der Waals surface area (Å²) in [4.78, 5) is 2.63. The van der Waals surface area contributed by atoms with E-state index in [1.54, 1.807) is 11.1 Å². The summed E-state index contributed by atoms with van der Waals surface area (Å²) in [6.07, 6.45) is 4.88. The average molecular weight is 289 g/mol. The van der Waals surface area contributed by atoms with Gasteiger partial charge in [-0.15, -0.1) is 24.8 Å². The van der Waals surface area contributed by atoms with Crippen molar-refractivity contribution in [2.75, 3.05) is 13.1 Å². The van der Waals surface area contributed by atoms with Crippen LogP contribution in [-0.2, 0) is 6.42 Å². The SMILES string of the molecule is Cl.Cl.NC1CCN(C2CCc3ccccc32)CC1. The minimum atomic E-state index is 0. The second-order valence-corrected chi connectivity index (χ2v) is 5.13. The Morgan fingerprint density at radius 1 is 1.00 bits per heavy atom. The molecule has 2 nitrogen and oxygen atoms in total. The van der Waals surface area contributed by atoms with Crippen LogP contribution in [-0.4, -0.2) is 24.0 Å². The summed E-state index contributed by atoms with van der Waals surface area (Å²) in [5.74, 6) is 0. The number of hydrogen-bond acceptors (Lipinski definition) is 2. The Balaban J connectivity index is 0.000000810. The van der Waals surface area contributed by atoms with Crippen LogP contribution in [0.1, 0.15) is 36.4 Å². The average Bonchev–Trinajstić information content (AvgIpc) is 2.74. The smallest absolute Gasteiger partial charge is 0.0354 e. The van der Waals surface area contributed by atoms with E-state index >= 15 is 0 Å². The van der Waals surface area contributed by atoms with Gasteiger partial charge in [0.1, 0.15) is 0 Å². The van der Waals surface area contributed by atoms with E-state index < -0.39 is 0 Å². The molecule has 3 rings (SSSR count). The van der Waals surface area contributed by atoms with Crippen LogP contribution in [0.4, 0.5) is 0 Å². The topological polar surface area (TPSA) is 29.3 Å². The molecular weight excluding hydrogens is 267 g/mol. The summed E-state index contributed by atoms with van der Waals surface area (Å²) in [5.41, 5.74) is 9.09. The van der Waals surface area contributed by atoms with Crippen molar-refractivity contribution in [1.29, 1.82) is 0 Å². The minimum absolute atomic E-state index is 0. The van der Waals surface area contributed by atoms with E-state index in [-0.39, 0.29) is 24.8 Å². The standard InChI is InChI=1S/C14H20N2.2ClH/c15-12-7-9-16(10-8-12)14-6-5-11-3-1-2-4-13(11)14;;/h1-4,12,14H,5-10,15H2;2*1H. The van der Waals surface area contributed by atoms with Gasteiger partial charge in [0.05, 0.1) is 0 Å². The quantitative estimate of drug-likeness (QED) is 0.861. The monoisotopic (exact) mass is 288 g/mol. The zero-order valence-electron chi connectivity index (χ0n) is 10.5. The fourth-order valence-corrected chi connectivity index (χ4v) is 3.15. The Hall–Kier alpha value is -0.280. The van der Waals surface area contributed by atoms with Gasteiger partial charge in [0.25, 0.3) is 0 Å². The van der Waals surface area contributed by atoms with Crippen LogP contribution in [0.25, 0.3) is 0 Å². The minimum Gasteiger partial charge on any atom is -0.328 e. The van der Waals surface area contributed by atoms with E-state index in [9.17, 15) is 0 Å². The lowest BCUT2D eigenvalue weighted by atomic mass is 10.0. The van der Waals surface area contributed by atoms with E-state index in [1.807, 2.05) is 0 Å². The predicted octanol–water partition coefficient (Wildman–Crippen LogP) is 2.94. The maximum atomic E-state index is 5.96. The largest absolute Gasteiger partial charge is 0.328 e. The molecule has 1 aromatic rings. The van der Waals surface area contributed by atoms with Crippen LogP contribution in [0.15, 0.2) is 24.3 Å². The first-order valence-corrected chi connectivity index (χ1v) is 6.42. The summed E-state index contributed by atoms with van der Waals surface area (Å²) >= 11 is 0. The second kappa shape index (κ2) is 6.76. The van der Waals surface area contributed by atoms with Crippen molar-refractivity contribution in [2.24, 2.45) is 5.73 Å². The van der Waals surface area contributed by atoms with Crippen LogP contribution in [0, 0.1) is 0 Å². The summed E-state index contributed by atoms with van der Waals surface area (Å²) in [5, 5.41) is 0. The van der Waals surface area contributed by atoms with Gasteiger partial charge in [0, 0.05) is 25.2 Å². The third kappa shape index (κ3) is 3.00. The van der Waals surface area contributed by atoms with E-state index in [0.717, 1.165) is 0 Å². The van der Waals surface area contributed by atoms with Crippen molar-refractivity contribution in [1.82, 2.24) is 4.90 Å². The molecule has 2 aliphatic rings. The number of aryl methyl sites for hydroxylation is 1. The molecule has 18 heavy (non-hydrogen) atoms. The lowest BCUT2D eigenvalue weighted by molar-refractivity contribution is 0.153. The predicted molar refractivity (Wildman–Crippen MR) is 80.8 cm³/mol. The van der Waals surface area contributed by atoms with Crippen molar-refractivity contribution in [2.45, 2.75) is 37.8 Å². The Labute approximate surface area is 122 Å². The van der Waals surface area contributed by atoms with Crippen LogP contribution in [0.5, 0.6) is 0 Å². The molecule has 0 aromatic heterocycles. The maximum Gasteiger partial charge on any atom is 0.0354 e. The van der Waals surface area contributed by atoms with Gasteiger partial charge in [-0.3, -0.25) is 4.90 Å². The highest BCUT2D eigenvalue weighted by Crippen LogP contribution is 2.36. The molecule has 2 N–H and O–H groups in total. The molecule has 1 aliphatic carbocycles. The van der Waals surface area contributed by atoms with Crippen molar-refractivity contribution in [3.05, 3.63) is 35.4 Å². The lowest BCUT2D eigenvalue weighted by Gasteiger charge is -2.35. The summed E-state index contributed by atoms with van der Waals surface area (Å²) < 4.78 is 0. The number of hydrogen-bond donors (Lipinski definition) is 1. The highest BCUT2D eigenvalue weighted by molar-refractivity contribution is 5.85. The molecule has 0 radical (unpaired) electrons. The highest BCUT2D eigenvalue weighted by atomic mass is 35.5. The number of nitrogens with zero attached hydrogens (tertiary/aromatic N) is 1. The van der Waals surface area contributed by atoms with Crippen LogP contribution in [0.3, 0.4) is 0 Å². The van der Waals surface area contributed by atoms with Gasteiger partial charge in [-0.25, -0.2) is 0 Å². The van der Waals surface area contributed by atoms with Gasteiger partial charge >= 0.3 is 0 Å². The molecule has 1 fully saturated rings. The first-order valence-electron chi connectivity index (χ1n) is 6.42. The Morgan fingerprint density at radius 2 is 1.67 bits per heavy atom. The van der Waals surface area contributed by atoms with Crippen molar-refractivity contribution in [3.63, 3.8) is 0 Å². The summed E-state index contributed by atoms with van der Waals surface area (Å²) in [6, 6.07) is 10.0. The van der Waals surface area contributed by atoms with Crippen LogP contribution in [0.2, 0.25) is 0 Å². The van der Waals surface area contributed by atoms with E-state index in [0.29, 0.717) is 12.1 Å². The molecule has 1 saturated heterocycles. The molecule has 4 heteroatoms. The molecule has 1 atom stereocenters. The number of benzene rings is 1. The summed E-state index contributed by atoms with van der Waals surface area (Å²) in [7, 11) is 0. The molecule has 0 saturated carbocycles. The normalized spacial score (nSPS) is 23.9. The maximum absolute atomic E-state index is 5.96. The van der Waals surface area contributed by atoms with E-state index in [4.69, 9.17) is 5.73 Å². The third-order valence-electron chi connectivity index (χ3n) is 4.12. The molecule has 1 aromatic carbocycles. The first kappa shape index (κ1) is 15.8. The molecule has 0 amide bonds. The van der Waals surface area contributed by atoms with Gasteiger partial charge in [-0.05, 0) is 36.8 Å². The van der Waals surface area contributed by atoms with Gasteiger partial charge in [0.15, 0.2) is 0 Å². The number of nitrogens with two attached hydrogens (primary N) is 1. The number of rotatable bonds is 1. The molecule has 102 valence electrons. The van der Waals surface area contributed by atoms with Gasteiger partial charge < -0.3 is 5.73 Å². The number of piperidine rings is 1. The van der Waals surface area contributed by atoms with Crippen molar-refractivity contribution in [3.8, 4) is 0 Å². The van der Waals surface area contributed by atoms with E-state index in [1.165, 1.54) is 38.8 Å². The molecule has 1 unspecified atom stereocenters. The second-order valence-electron chi connectivity index (χ2n) is 5.13. The van der Waals surface area contributed by atoms with Crippen LogP contribution >= 0.6 is 24.8 Å². The van der Waals surface area contributed by atoms with Gasteiger partial charge in [-0.2, -0.15) is 0 Å². The number of fused-ring (bicyclic) bond motifs is 1. The first-order chi connectivity index (χ1) is 7.84. The van der Waals surface area contributed by atoms with E-state index in [2.05, 4.69) is 29.2 Å².